The molecule has 3 heteroatoms. The standard InChI is InChI=1S/C15H17FN2/c1-11-10-18-8-7-13(11)15(17-2)9-12-5-3-4-6-14(12)16/h3-8,10,15,17H,9H2,1-2H3. The number of nitrogens with one attached hydrogen (secondary N) is 1. The number of rotatable bonds is 4. The minimum absolute atomic E-state index is 0.102. The van der Waals surface area contributed by atoms with E-state index in [1.807, 2.05) is 38.4 Å². The molecule has 0 amide bonds. The molecule has 0 spiro atoms. The summed E-state index contributed by atoms with van der Waals surface area (Å²) < 4.78 is 13.7. The highest BCUT2D eigenvalue weighted by Gasteiger charge is 2.14. The maximum atomic E-state index is 13.7. The Balaban J connectivity index is 2.26. The summed E-state index contributed by atoms with van der Waals surface area (Å²) >= 11 is 0. The molecular weight excluding hydrogens is 227 g/mol. The smallest absolute Gasteiger partial charge is 0.126 e. The molecule has 1 aromatic heterocycles. The van der Waals surface area contributed by atoms with Gasteiger partial charge in [-0.1, -0.05) is 18.2 Å². The number of benzene rings is 1. The van der Waals surface area contributed by atoms with Crippen LogP contribution in [0.5, 0.6) is 0 Å². The second kappa shape index (κ2) is 5.74. The lowest BCUT2D eigenvalue weighted by atomic mass is 9.96. The average Bonchev–Trinajstić information content (AvgIpc) is 2.39. The highest BCUT2D eigenvalue weighted by molar-refractivity contribution is 5.28. The molecular formula is C15H17FN2. The summed E-state index contributed by atoms with van der Waals surface area (Å²) in [4.78, 5) is 4.08. The Bertz CT molecular complexity index is 525. The number of halogens is 1. The summed E-state index contributed by atoms with van der Waals surface area (Å²) in [5, 5.41) is 3.24. The number of nitrogens with zero attached hydrogens (tertiary/aromatic N) is 1. The quantitative estimate of drug-likeness (QED) is 0.894. The minimum atomic E-state index is -0.149. The first-order valence-corrected chi connectivity index (χ1v) is 6.03. The zero-order chi connectivity index (χ0) is 13.0. The molecule has 0 bridgehead atoms. The maximum absolute atomic E-state index is 13.7. The SMILES string of the molecule is CNC(Cc1ccccc1F)c1ccncc1C. The van der Waals surface area contributed by atoms with Crippen molar-refractivity contribution in [3.8, 4) is 0 Å². The number of hydrogen-bond acceptors (Lipinski definition) is 2. The van der Waals surface area contributed by atoms with Crippen molar-refractivity contribution in [2.45, 2.75) is 19.4 Å². The summed E-state index contributed by atoms with van der Waals surface area (Å²) in [6.45, 7) is 2.02. The van der Waals surface area contributed by atoms with Gasteiger partial charge in [0.25, 0.3) is 0 Å². The van der Waals surface area contributed by atoms with Crippen molar-refractivity contribution >= 4 is 0 Å². The van der Waals surface area contributed by atoms with Crippen molar-refractivity contribution in [3.05, 3.63) is 65.2 Å². The van der Waals surface area contributed by atoms with Crippen LogP contribution < -0.4 is 5.32 Å². The predicted molar refractivity (Wildman–Crippen MR) is 70.9 cm³/mol. The number of hydrogen-bond donors (Lipinski definition) is 1. The molecule has 1 heterocycles. The lowest BCUT2D eigenvalue weighted by Crippen LogP contribution is -2.20. The van der Waals surface area contributed by atoms with Crippen molar-refractivity contribution in [1.29, 1.82) is 0 Å². The van der Waals surface area contributed by atoms with Crippen LogP contribution in [0.15, 0.2) is 42.7 Å². The number of likely N-dealkylation sites (N-methyl/N-ethyl adjacent to an activating group) is 1. The van der Waals surface area contributed by atoms with Crippen LogP contribution in [0.25, 0.3) is 0 Å². The number of aryl methyl sites for hydroxylation is 1. The normalized spacial score (nSPS) is 12.4. The van der Waals surface area contributed by atoms with Crippen LogP contribution in [0.4, 0.5) is 4.39 Å². The van der Waals surface area contributed by atoms with Crippen molar-refractivity contribution in [2.75, 3.05) is 7.05 Å². The largest absolute Gasteiger partial charge is 0.313 e. The molecule has 0 radical (unpaired) electrons. The third kappa shape index (κ3) is 2.74. The van der Waals surface area contributed by atoms with Gasteiger partial charge in [0, 0.05) is 18.4 Å². The van der Waals surface area contributed by atoms with Gasteiger partial charge in [-0.3, -0.25) is 4.98 Å². The molecule has 0 aliphatic heterocycles. The molecule has 2 nitrogen and oxygen atoms in total. The van der Waals surface area contributed by atoms with E-state index in [1.54, 1.807) is 12.3 Å². The Labute approximate surface area is 107 Å². The second-order valence-electron chi connectivity index (χ2n) is 4.37. The van der Waals surface area contributed by atoms with E-state index >= 15 is 0 Å². The van der Waals surface area contributed by atoms with Gasteiger partial charge in [0.15, 0.2) is 0 Å². The van der Waals surface area contributed by atoms with Gasteiger partial charge in [-0.2, -0.15) is 0 Å². The Kier molecular flexibility index (Phi) is 4.05. The van der Waals surface area contributed by atoms with Crippen LogP contribution in [0.1, 0.15) is 22.7 Å². The summed E-state index contributed by atoms with van der Waals surface area (Å²) in [6, 6.07) is 9.00. The molecule has 1 unspecified atom stereocenters. The first kappa shape index (κ1) is 12.7. The first-order valence-electron chi connectivity index (χ1n) is 6.03. The fourth-order valence-electron chi connectivity index (χ4n) is 2.13. The van der Waals surface area contributed by atoms with Gasteiger partial charge in [0.2, 0.25) is 0 Å². The fraction of sp³-hybridized carbons (Fsp3) is 0.267. The van der Waals surface area contributed by atoms with Gasteiger partial charge in [-0.15, -0.1) is 0 Å². The van der Waals surface area contributed by atoms with Gasteiger partial charge in [0.05, 0.1) is 0 Å². The lowest BCUT2D eigenvalue weighted by Gasteiger charge is -2.19. The van der Waals surface area contributed by atoms with Crippen LogP contribution in [0.3, 0.4) is 0 Å². The Morgan fingerprint density at radius 1 is 1.28 bits per heavy atom. The monoisotopic (exact) mass is 244 g/mol. The van der Waals surface area contributed by atoms with Gasteiger partial charge in [-0.05, 0) is 49.2 Å². The first-order chi connectivity index (χ1) is 8.72. The van der Waals surface area contributed by atoms with Gasteiger partial charge in [0.1, 0.15) is 5.82 Å². The highest BCUT2D eigenvalue weighted by Crippen LogP contribution is 2.21. The van der Waals surface area contributed by atoms with E-state index in [2.05, 4.69) is 10.3 Å². The van der Waals surface area contributed by atoms with E-state index in [0.717, 1.165) is 16.7 Å². The lowest BCUT2D eigenvalue weighted by molar-refractivity contribution is 0.552. The Morgan fingerprint density at radius 3 is 2.72 bits per heavy atom. The number of aromatic nitrogens is 1. The molecule has 1 aromatic carbocycles. The topological polar surface area (TPSA) is 24.9 Å². The Hall–Kier alpha value is -1.74. The van der Waals surface area contributed by atoms with E-state index in [9.17, 15) is 4.39 Å². The van der Waals surface area contributed by atoms with Gasteiger partial charge < -0.3 is 5.32 Å². The van der Waals surface area contributed by atoms with Crippen LogP contribution in [-0.2, 0) is 6.42 Å². The van der Waals surface area contributed by atoms with Crippen molar-refractivity contribution in [2.24, 2.45) is 0 Å². The highest BCUT2D eigenvalue weighted by atomic mass is 19.1. The third-order valence-electron chi connectivity index (χ3n) is 3.17. The average molecular weight is 244 g/mol. The number of pyridine rings is 1. The zero-order valence-electron chi connectivity index (χ0n) is 10.7. The molecule has 94 valence electrons. The second-order valence-corrected chi connectivity index (χ2v) is 4.37. The third-order valence-corrected chi connectivity index (χ3v) is 3.17. The van der Waals surface area contributed by atoms with Crippen LogP contribution in [0, 0.1) is 12.7 Å². The Morgan fingerprint density at radius 2 is 2.06 bits per heavy atom. The molecule has 2 rings (SSSR count). The molecule has 18 heavy (non-hydrogen) atoms. The molecule has 0 saturated heterocycles. The molecule has 0 saturated carbocycles. The summed E-state index contributed by atoms with van der Waals surface area (Å²) in [6.07, 6.45) is 4.24. The molecule has 0 fully saturated rings. The maximum Gasteiger partial charge on any atom is 0.126 e. The predicted octanol–water partition coefficient (Wildman–Crippen LogP) is 3.03. The molecule has 1 N–H and O–H groups in total. The van der Waals surface area contributed by atoms with Crippen LogP contribution >= 0.6 is 0 Å². The van der Waals surface area contributed by atoms with E-state index in [0.29, 0.717) is 6.42 Å². The molecule has 1 atom stereocenters. The van der Waals surface area contributed by atoms with E-state index in [-0.39, 0.29) is 11.9 Å². The van der Waals surface area contributed by atoms with E-state index in [4.69, 9.17) is 0 Å². The molecule has 0 aliphatic carbocycles. The zero-order valence-corrected chi connectivity index (χ0v) is 10.7. The van der Waals surface area contributed by atoms with Gasteiger partial charge >= 0.3 is 0 Å². The van der Waals surface area contributed by atoms with Crippen LogP contribution in [-0.4, -0.2) is 12.0 Å². The van der Waals surface area contributed by atoms with Crippen LogP contribution in [0.2, 0.25) is 0 Å². The van der Waals surface area contributed by atoms with Crippen molar-refractivity contribution < 1.29 is 4.39 Å². The van der Waals surface area contributed by atoms with Gasteiger partial charge in [-0.25, -0.2) is 4.39 Å². The van der Waals surface area contributed by atoms with Crippen molar-refractivity contribution in [1.82, 2.24) is 10.3 Å². The van der Waals surface area contributed by atoms with Crippen molar-refractivity contribution in [3.63, 3.8) is 0 Å². The van der Waals surface area contributed by atoms with E-state index in [1.165, 1.54) is 6.07 Å². The summed E-state index contributed by atoms with van der Waals surface area (Å²) in [5.41, 5.74) is 3.01. The minimum Gasteiger partial charge on any atom is -0.313 e. The fourth-order valence-corrected chi connectivity index (χ4v) is 2.13. The molecule has 0 aliphatic rings. The summed E-state index contributed by atoms with van der Waals surface area (Å²) in [7, 11) is 1.89. The van der Waals surface area contributed by atoms with E-state index < -0.39 is 0 Å². The summed E-state index contributed by atoms with van der Waals surface area (Å²) in [5.74, 6) is -0.149. The molecule has 2 aromatic rings.